The number of benzene rings is 1. The van der Waals surface area contributed by atoms with Gasteiger partial charge in [-0.05, 0) is 25.1 Å². The molecule has 5 heteroatoms. The first-order valence-corrected chi connectivity index (χ1v) is 7.19. The van der Waals surface area contributed by atoms with Crippen LogP contribution >= 0.6 is 0 Å². The first-order chi connectivity index (χ1) is 10.0. The van der Waals surface area contributed by atoms with Crippen LogP contribution in [0, 0.1) is 6.92 Å². The number of carbonyl (C=O) groups excluding carboxylic acids is 2. The molecule has 110 valence electrons. The number of nitrogens with one attached hydrogen (secondary N) is 1. The summed E-state index contributed by atoms with van der Waals surface area (Å²) < 4.78 is 0. The highest BCUT2D eigenvalue weighted by molar-refractivity contribution is 5.98. The van der Waals surface area contributed by atoms with Gasteiger partial charge in [0, 0.05) is 44.0 Å². The summed E-state index contributed by atoms with van der Waals surface area (Å²) in [4.78, 5) is 30.6. The molecule has 1 aromatic carbocycles. The summed E-state index contributed by atoms with van der Waals surface area (Å²) in [6.07, 6.45) is 0. The van der Waals surface area contributed by atoms with E-state index < -0.39 is 0 Å². The molecule has 0 bridgehead atoms. The Morgan fingerprint density at radius 3 is 2.38 bits per heavy atom. The van der Waals surface area contributed by atoms with Crippen LogP contribution in [0.25, 0.3) is 10.9 Å². The number of aromatic nitrogens is 1. The largest absolute Gasteiger partial charge is 0.351 e. The van der Waals surface area contributed by atoms with E-state index >= 15 is 0 Å². The molecule has 2 heterocycles. The maximum absolute atomic E-state index is 12.5. The summed E-state index contributed by atoms with van der Waals surface area (Å²) in [6, 6.07) is 7.99. The van der Waals surface area contributed by atoms with E-state index in [9.17, 15) is 9.59 Å². The zero-order valence-corrected chi connectivity index (χ0v) is 12.3. The number of aromatic amines is 1. The van der Waals surface area contributed by atoms with Gasteiger partial charge >= 0.3 is 0 Å². The molecule has 3 rings (SSSR count). The van der Waals surface area contributed by atoms with Crippen LogP contribution in [-0.2, 0) is 4.79 Å². The molecule has 1 aromatic heterocycles. The summed E-state index contributed by atoms with van der Waals surface area (Å²) >= 11 is 0. The number of carbonyl (C=O) groups is 2. The van der Waals surface area contributed by atoms with Crippen molar-refractivity contribution in [2.45, 2.75) is 13.8 Å². The summed E-state index contributed by atoms with van der Waals surface area (Å²) in [7, 11) is 0. The lowest BCUT2D eigenvalue weighted by molar-refractivity contribution is -0.130. The van der Waals surface area contributed by atoms with Crippen molar-refractivity contribution in [3.05, 3.63) is 35.5 Å². The first kappa shape index (κ1) is 13.7. The molecule has 0 radical (unpaired) electrons. The second-order valence-electron chi connectivity index (χ2n) is 5.57. The predicted octanol–water partition coefficient (Wildman–Crippen LogP) is 1.78. The van der Waals surface area contributed by atoms with Gasteiger partial charge in [-0.3, -0.25) is 9.59 Å². The van der Waals surface area contributed by atoms with E-state index in [4.69, 9.17) is 0 Å². The lowest BCUT2D eigenvalue weighted by Crippen LogP contribution is -2.50. The van der Waals surface area contributed by atoms with Gasteiger partial charge in [-0.2, -0.15) is 0 Å². The van der Waals surface area contributed by atoms with Crippen molar-refractivity contribution in [1.29, 1.82) is 0 Å². The molecular formula is C16H19N3O2. The van der Waals surface area contributed by atoms with Crippen molar-refractivity contribution in [1.82, 2.24) is 14.8 Å². The molecule has 1 aliphatic heterocycles. The van der Waals surface area contributed by atoms with Gasteiger partial charge in [-0.25, -0.2) is 0 Å². The van der Waals surface area contributed by atoms with Crippen molar-refractivity contribution in [3.63, 3.8) is 0 Å². The highest BCUT2D eigenvalue weighted by atomic mass is 16.2. The van der Waals surface area contributed by atoms with Gasteiger partial charge < -0.3 is 14.8 Å². The molecule has 0 atom stereocenters. The molecule has 2 amide bonds. The molecule has 5 nitrogen and oxygen atoms in total. The average molecular weight is 285 g/mol. The number of hydrogen-bond donors (Lipinski definition) is 1. The smallest absolute Gasteiger partial charge is 0.270 e. The Labute approximate surface area is 123 Å². The summed E-state index contributed by atoms with van der Waals surface area (Å²) in [5.41, 5.74) is 2.77. The van der Waals surface area contributed by atoms with Crippen LogP contribution in [0.3, 0.4) is 0 Å². The molecule has 1 N–H and O–H groups in total. The van der Waals surface area contributed by atoms with E-state index in [1.54, 1.807) is 16.7 Å². The highest BCUT2D eigenvalue weighted by Crippen LogP contribution is 2.18. The zero-order chi connectivity index (χ0) is 15.0. The Morgan fingerprint density at radius 1 is 1.05 bits per heavy atom. The minimum atomic E-state index is 0.00653. The standard InChI is InChI=1S/C16H19N3O2/c1-11-3-4-14-13(9-11)10-15(17-14)16(21)19-7-5-18(6-8-19)12(2)20/h3-4,9-10,17H,5-8H2,1-2H3. The summed E-state index contributed by atoms with van der Waals surface area (Å²) in [6.45, 7) is 6.01. The maximum Gasteiger partial charge on any atom is 0.270 e. The number of piperazine rings is 1. The van der Waals surface area contributed by atoms with E-state index in [0.717, 1.165) is 10.9 Å². The van der Waals surface area contributed by atoms with E-state index in [0.29, 0.717) is 31.9 Å². The Hall–Kier alpha value is -2.30. The van der Waals surface area contributed by atoms with E-state index in [1.807, 2.05) is 25.1 Å². The van der Waals surface area contributed by atoms with Crippen molar-refractivity contribution < 1.29 is 9.59 Å². The van der Waals surface area contributed by atoms with Gasteiger partial charge in [-0.15, -0.1) is 0 Å². The van der Waals surface area contributed by atoms with Gasteiger partial charge in [0.15, 0.2) is 0 Å². The molecular weight excluding hydrogens is 266 g/mol. The Kier molecular flexibility index (Phi) is 3.41. The molecule has 0 saturated carbocycles. The summed E-state index contributed by atoms with van der Waals surface area (Å²) in [5, 5.41) is 1.06. The van der Waals surface area contributed by atoms with Crippen molar-refractivity contribution in [2.75, 3.05) is 26.2 Å². The Morgan fingerprint density at radius 2 is 1.71 bits per heavy atom. The fourth-order valence-electron chi connectivity index (χ4n) is 2.76. The van der Waals surface area contributed by atoms with E-state index in [2.05, 4.69) is 11.1 Å². The maximum atomic E-state index is 12.5. The molecule has 0 spiro atoms. The summed E-state index contributed by atoms with van der Waals surface area (Å²) in [5.74, 6) is 0.0789. The van der Waals surface area contributed by atoms with Crippen LogP contribution in [0.2, 0.25) is 0 Å². The zero-order valence-electron chi connectivity index (χ0n) is 12.3. The SMILES string of the molecule is CC(=O)N1CCN(C(=O)c2cc3cc(C)ccc3[nH]2)CC1. The van der Waals surface area contributed by atoms with Crippen LogP contribution in [0.15, 0.2) is 24.3 Å². The van der Waals surface area contributed by atoms with Crippen LogP contribution in [-0.4, -0.2) is 52.8 Å². The van der Waals surface area contributed by atoms with Crippen LogP contribution in [0.4, 0.5) is 0 Å². The third kappa shape index (κ3) is 2.63. The Bertz CT molecular complexity index is 697. The van der Waals surface area contributed by atoms with Crippen molar-refractivity contribution in [2.24, 2.45) is 0 Å². The number of aryl methyl sites for hydroxylation is 1. The van der Waals surface area contributed by atoms with Crippen molar-refractivity contribution >= 4 is 22.7 Å². The van der Waals surface area contributed by atoms with Crippen LogP contribution < -0.4 is 0 Å². The molecule has 1 saturated heterocycles. The fourth-order valence-corrected chi connectivity index (χ4v) is 2.76. The number of hydrogen-bond acceptors (Lipinski definition) is 2. The number of rotatable bonds is 1. The molecule has 0 aliphatic carbocycles. The van der Waals surface area contributed by atoms with Gasteiger partial charge in [0.25, 0.3) is 5.91 Å². The van der Waals surface area contributed by atoms with Gasteiger partial charge in [0.1, 0.15) is 5.69 Å². The molecule has 2 aromatic rings. The van der Waals surface area contributed by atoms with Crippen LogP contribution in [0.5, 0.6) is 0 Å². The van der Waals surface area contributed by atoms with Gasteiger partial charge in [-0.1, -0.05) is 11.6 Å². The third-order valence-corrected chi connectivity index (χ3v) is 4.02. The number of H-pyrrole nitrogens is 1. The van der Waals surface area contributed by atoms with Crippen molar-refractivity contribution in [3.8, 4) is 0 Å². The molecule has 1 aliphatic rings. The number of nitrogens with zero attached hydrogens (tertiary/aromatic N) is 2. The molecule has 21 heavy (non-hydrogen) atoms. The third-order valence-electron chi connectivity index (χ3n) is 4.02. The lowest BCUT2D eigenvalue weighted by atomic mass is 10.2. The van der Waals surface area contributed by atoms with E-state index in [1.165, 1.54) is 5.56 Å². The normalized spacial score (nSPS) is 15.5. The number of fused-ring (bicyclic) bond motifs is 1. The second kappa shape index (κ2) is 5.24. The lowest BCUT2D eigenvalue weighted by Gasteiger charge is -2.33. The predicted molar refractivity (Wildman–Crippen MR) is 81.2 cm³/mol. The van der Waals surface area contributed by atoms with Gasteiger partial charge in [0.2, 0.25) is 5.91 Å². The fraction of sp³-hybridized carbons (Fsp3) is 0.375. The molecule has 1 fully saturated rings. The highest BCUT2D eigenvalue weighted by Gasteiger charge is 2.24. The Balaban J connectivity index is 1.76. The van der Waals surface area contributed by atoms with Gasteiger partial charge in [0.05, 0.1) is 0 Å². The molecule has 0 unspecified atom stereocenters. The topological polar surface area (TPSA) is 56.4 Å². The minimum Gasteiger partial charge on any atom is -0.351 e. The quantitative estimate of drug-likeness (QED) is 0.868. The van der Waals surface area contributed by atoms with E-state index in [-0.39, 0.29) is 11.8 Å². The minimum absolute atomic E-state index is 0.00653. The second-order valence-corrected chi connectivity index (χ2v) is 5.57. The average Bonchev–Trinajstić information content (AvgIpc) is 2.89. The number of amides is 2. The van der Waals surface area contributed by atoms with Crippen LogP contribution in [0.1, 0.15) is 23.0 Å². The first-order valence-electron chi connectivity index (χ1n) is 7.19. The monoisotopic (exact) mass is 285 g/mol.